The number of fused-ring (bicyclic) bond motifs is 1. The lowest BCUT2D eigenvalue weighted by molar-refractivity contribution is 0.332. The predicted molar refractivity (Wildman–Crippen MR) is 111 cm³/mol. The first-order chi connectivity index (χ1) is 11.6. The van der Waals surface area contributed by atoms with Crippen molar-refractivity contribution in [3.8, 4) is 0 Å². The van der Waals surface area contributed by atoms with Crippen LogP contribution in [-0.2, 0) is 10.8 Å². The molecule has 0 saturated carbocycles. The summed E-state index contributed by atoms with van der Waals surface area (Å²) >= 11 is 0. The van der Waals surface area contributed by atoms with Crippen molar-refractivity contribution in [1.82, 2.24) is 0 Å². The van der Waals surface area contributed by atoms with Gasteiger partial charge < -0.3 is 0 Å². The minimum Gasteiger partial charge on any atom is -0.0576 e. The number of benzene rings is 2. The molecular weight excluding hydrogens is 300 g/mol. The molecule has 1 aliphatic rings. The topological polar surface area (TPSA) is 0 Å². The molecule has 2 aromatic carbocycles. The highest BCUT2D eigenvalue weighted by Crippen LogP contribution is 2.46. The van der Waals surface area contributed by atoms with Crippen LogP contribution in [0.25, 0.3) is 11.6 Å². The second-order valence-corrected chi connectivity index (χ2v) is 9.28. The molecule has 0 nitrogen and oxygen atoms in total. The van der Waals surface area contributed by atoms with E-state index in [2.05, 4.69) is 90.9 Å². The maximum atomic E-state index is 2.45. The van der Waals surface area contributed by atoms with Gasteiger partial charge in [0.1, 0.15) is 0 Å². The molecule has 0 fully saturated rings. The average molecular weight is 333 g/mol. The van der Waals surface area contributed by atoms with E-state index < -0.39 is 0 Å². The van der Waals surface area contributed by atoms with Crippen LogP contribution in [0.1, 0.15) is 80.8 Å². The highest BCUT2D eigenvalue weighted by molar-refractivity contribution is 5.81. The van der Waals surface area contributed by atoms with E-state index in [1.165, 1.54) is 51.8 Å². The van der Waals surface area contributed by atoms with Crippen LogP contribution in [0.5, 0.6) is 0 Å². The minimum absolute atomic E-state index is 0.265. The number of allylic oxidation sites excluding steroid dienone is 1. The Balaban J connectivity index is 2.05. The Labute approximate surface area is 154 Å². The average Bonchev–Trinajstić information content (AvgIpc) is 2.50. The van der Waals surface area contributed by atoms with Gasteiger partial charge in [-0.2, -0.15) is 0 Å². The van der Waals surface area contributed by atoms with Crippen LogP contribution in [0.4, 0.5) is 0 Å². The zero-order valence-electron chi connectivity index (χ0n) is 17.0. The molecule has 0 N–H and O–H groups in total. The summed E-state index contributed by atoms with van der Waals surface area (Å²) in [5.41, 5.74) is 10.3. The third kappa shape index (κ3) is 3.59. The minimum atomic E-state index is 0.265. The molecule has 1 aliphatic carbocycles. The van der Waals surface area contributed by atoms with Gasteiger partial charge in [0.05, 0.1) is 0 Å². The summed E-state index contributed by atoms with van der Waals surface area (Å²) in [6.45, 7) is 16.1. The smallest absolute Gasteiger partial charge is 0.0100 e. The van der Waals surface area contributed by atoms with E-state index in [0.717, 1.165) is 0 Å². The monoisotopic (exact) mass is 332 g/mol. The van der Waals surface area contributed by atoms with Crippen molar-refractivity contribution < 1.29 is 0 Å². The van der Waals surface area contributed by atoms with Crippen molar-refractivity contribution in [2.24, 2.45) is 0 Å². The summed E-state index contributed by atoms with van der Waals surface area (Å²) in [5, 5.41) is 0. The summed E-state index contributed by atoms with van der Waals surface area (Å²) in [7, 11) is 0. The molecule has 0 aromatic heterocycles. The Bertz CT molecular complexity index is 811. The molecule has 0 saturated heterocycles. The van der Waals surface area contributed by atoms with E-state index >= 15 is 0 Å². The van der Waals surface area contributed by atoms with Crippen molar-refractivity contribution in [1.29, 1.82) is 0 Å². The van der Waals surface area contributed by atoms with Crippen molar-refractivity contribution in [2.45, 2.75) is 72.1 Å². The molecule has 0 unspecified atom stereocenters. The van der Waals surface area contributed by atoms with Crippen molar-refractivity contribution >= 4 is 11.6 Å². The Kier molecular flexibility index (Phi) is 4.43. The Morgan fingerprint density at radius 1 is 0.800 bits per heavy atom. The molecule has 132 valence electrons. The summed E-state index contributed by atoms with van der Waals surface area (Å²) in [4.78, 5) is 0. The molecule has 0 bridgehead atoms. The first-order valence-electron chi connectivity index (χ1n) is 9.50. The zero-order valence-corrected chi connectivity index (χ0v) is 17.0. The molecule has 0 amide bonds. The highest BCUT2D eigenvalue weighted by atomic mass is 14.4. The molecule has 0 heteroatoms. The Morgan fingerprint density at radius 2 is 1.36 bits per heavy atom. The third-order valence-corrected chi connectivity index (χ3v) is 5.94. The van der Waals surface area contributed by atoms with Gasteiger partial charge in [0.25, 0.3) is 0 Å². The number of hydrogen-bond acceptors (Lipinski definition) is 0. The van der Waals surface area contributed by atoms with Gasteiger partial charge in [-0.3, -0.25) is 0 Å². The fourth-order valence-electron chi connectivity index (χ4n) is 4.26. The normalized spacial score (nSPS) is 18.8. The molecule has 2 aromatic rings. The van der Waals surface area contributed by atoms with Crippen LogP contribution >= 0.6 is 0 Å². The van der Waals surface area contributed by atoms with Gasteiger partial charge in [0.2, 0.25) is 0 Å². The van der Waals surface area contributed by atoms with Crippen LogP contribution < -0.4 is 0 Å². The zero-order chi connectivity index (χ0) is 18.4. The van der Waals surface area contributed by atoms with Crippen molar-refractivity contribution in [2.75, 3.05) is 0 Å². The first-order valence-corrected chi connectivity index (χ1v) is 9.50. The van der Waals surface area contributed by atoms with Crippen LogP contribution in [0.15, 0.2) is 36.4 Å². The fourth-order valence-corrected chi connectivity index (χ4v) is 4.26. The van der Waals surface area contributed by atoms with Gasteiger partial charge in [0, 0.05) is 0 Å². The Morgan fingerprint density at radius 3 is 1.96 bits per heavy atom. The highest BCUT2D eigenvalue weighted by Gasteiger charge is 2.36. The lowest BCUT2D eigenvalue weighted by Gasteiger charge is -2.42. The third-order valence-electron chi connectivity index (χ3n) is 5.94. The van der Waals surface area contributed by atoms with E-state index in [1.807, 2.05) is 0 Å². The summed E-state index contributed by atoms with van der Waals surface area (Å²) in [5.74, 6) is 0. The van der Waals surface area contributed by atoms with Gasteiger partial charge in [-0.1, -0.05) is 81.3 Å². The second kappa shape index (κ2) is 6.16. The first kappa shape index (κ1) is 18.0. The SMILES string of the molecule is C/C(=C\c1cc(C)cc(C)c1)c1ccc2c(c1)C(C)(C)CCC2(C)C. The van der Waals surface area contributed by atoms with Crippen LogP contribution in [0.3, 0.4) is 0 Å². The number of rotatable bonds is 2. The predicted octanol–water partition coefficient (Wildman–Crippen LogP) is 7.21. The number of aryl methyl sites for hydroxylation is 2. The van der Waals surface area contributed by atoms with Gasteiger partial charge >= 0.3 is 0 Å². The van der Waals surface area contributed by atoms with Gasteiger partial charge in [-0.15, -0.1) is 0 Å². The molecule has 3 rings (SSSR count). The van der Waals surface area contributed by atoms with E-state index in [0.29, 0.717) is 0 Å². The van der Waals surface area contributed by atoms with Crippen LogP contribution in [-0.4, -0.2) is 0 Å². The standard InChI is InChI=1S/C25H32/c1-17-12-18(2)14-20(13-17)15-19(3)21-8-9-22-23(16-21)25(6,7)11-10-24(22,4)5/h8-9,12-16H,10-11H2,1-7H3/b19-15+. The van der Waals surface area contributed by atoms with Crippen LogP contribution in [0, 0.1) is 13.8 Å². The van der Waals surface area contributed by atoms with Gasteiger partial charge in [-0.25, -0.2) is 0 Å². The van der Waals surface area contributed by atoms with E-state index in [-0.39, 0.29) is 10.8 Å². The van der Waals surface area contributed by atoms with E-state index in [4.69, 9.17) is 0 Å². The molecule has 0 aliphatic heterocycles. The van der Waals surface area contributed by atoms with E-state index in [9.17, 15) is 0 Å². The maximum absolute atomic E-state index is 2.45. The largest absolute Gasteiger partial charge is 0.0576 e. The molecular formula is C25H32. The quantitative estimate of drug-likeness (QED) is 0.509. The van der Waals surface area contributed by atoms with E-state index in [1.54, 1.807) is 0 Å². The number of hydrogen-bond donors (Lipinski definition) is 0. The Hall–Kier alpha value is -1.82. The van der Waals surface area contributed by atoms with Crippen LogP contribution in [0.2, 0.25) is 0 Å². The van der Waals surface area contributed by atoms with Crippen molar-refractivity contribution in [3.05, 3.63) is 69.8 Å². The molecule has 25 heavy (non-hydrogen) atoms. The fraction of sp³-hybridized carbons (Fsp3) is 0.440. The molecule has 0 atom stereocenters. The van der Waals surface area contributed by atoms with Gasteiger partial charge in [-0.05, 0) is 72.3 Å². The molecule has 0 spiro atoms. The second-order valence-electron chi connectivity index (χ2n) is 9.28. The molecule has 0 radical (unpaired) electrons. The summed E-state index contributed by atoms with van der Waals surface area (Å²) < 4.78 is 0. The lowest BCUT2D eigenvalue weighted by Crippen LogP contribution is -2.33. The summed E-state index contributed by atoms with van der Waals surface area (Å²) in [6.07, 6.45) is 4.85. The van der Waals surface area contributed by atoms with Crippen molar-refractivity contribution in [3.63, 3.8) is 0 Å². The molecule has 0 heterocycles. The lowest BCUT2D eigenvalue weighted by atomic mass is 9.63. The van der Waals surface area contributed by atoms with Gasteiger partial charge in [0.15, 0.2) is 0 Å². The maximum Gasteiger partial charge on any atom is -0.0100 e. The summed E-state index contributed by atoms with van der Waals surface area (Å²) in [6, 6.07) is 13.9.